The van der Waals surface area contributed by atoms with Crippen molar-refractivity contribution in [1.29, 1.82) is 0 Å². The smallest absolute Gasteiger partial charge is 0.328 e. The lowest BCUT2D eigenvalue weighted by Gasteiger charge is -2.41. The van der Waals surface area contributed by atoms with Crippen molar-refractivity contribution in [2.24, 2.45) is 0 Å². The molecule has 2 aliphatic rings. The van der Waals surface area contributed by atoms with Gasteiger partial charge in [-0.05, 0) is 43.9 Å². The summed E-state index contributed by atoms with van der Waals surface area (Å²) in [4.78, 5) is 25.6. The van der Waals surface area contributed by atoms with Crippen LogP contribution in [-0.4, -0.2) is 40.3 Å². The zero-order valence-corrected chi connectivity index (χ0v) is 13.2. The Hall–Kier alpha value is -1.66. The van der Waals surface area contributed by atoms with Crippen LogP contribution in [0.2, 0.25) is 5.02 Å². The van der Waals surface area contributed by atoms with Crippen molar-refractivity contribution in [3.8, 4) is 0 Å². The summed E-state index contributed by atoms with van der Waals surface area (Å²) in [5, 5.41) is 9.60. The monoisotopic (exact) mass is 341 g/mol. The minimum Gasteiger partial charge on any atom is -0.480 e. The molecule has 0 aromatic heterocycles. The third kappa shape index (κ3) is 2.81. The Kier molecular flexibility index (Phi) is 4.29. The van der Waals surface area contributed by atoms with Crippen LogP contribution in [-0.2, 0) is 9.53 Å². The molecule has 1 heterocycles. The Morgan fingerprint density at radius 2 is 2.00 bits per heavy atom. The summed E-state index contributed by atoms with van der Waals surface area (Å²) in [6, 6.07) is 2.65. The molecule has 2 fully saturated rings. The van der Waals surface area contributed by atoms with Crippen LogP contribution in [0.3, 0.4) is 0 Å². The van der Waals surface area contributed by atoms with Gasteiger partial charge in [0.15, 0.2) is 6.04 Å². The Morgan fingerprint density at radius 1 is 1.30 bits per heavy atom. The minimum atomic E-state index is -1.14. The van der Waals surface area contributed by atoms with Crippen LogP contribution < -0.4 is 0 Å². The number of hydrogen-bond acceptors (Lipinski definition) is 3. The van der Waals surface area contributed by atoms with Gasteiger partial charge in [-0.2, -0.15) is 0 Å². The third-order valence-corrected chi connectivity index (χ3v) is 4.80. The van der Waals surface area contributed by atoms with Gasteiger partial charge in [-0.25, -0.2) is 9.18 Å². The largest absolute Gasteiger partial charge is 0.480 e. The SMILES string of the molecule is O=C(O)C1COC2(CCCCC2)N1C(=O)c1ccc(Cl)cc1F. The molecule has 124 valence electrons. The Bertz CT molecular complexity index is 645. The van der Waals surface area contributed by atoms with Crippen molar-refractivity contribution in [2.75, 3.05) is 6.61 Å². The summed E-state index contributed by atoms with van der Waals surface area (Å²) in [7, 11) is 0. The van der Waals surface area contributed by atoms with Crippen molar-refractivity contribution in [3.63, 3.8) is 0 Å². The molecule has 1 saturated heterocycles. The molecule has 1 amide bonds. The molecule has 1 spiro atoms. The van der Waals surface area contributed by atoms with Gasteiger partial charge in [0.05, 0.1) is 12.2 Å². The molecule has 23 heavy (non-hydrogen) atoms. The number of rotatable bonds is 2. The maximum Gasteiger partial charge on any atom is 0.328 e. The number of amides is 1. The van der Waals surface area contributed by atoms with E-state index in [1.807, 2.05) is 0 Å². The number of carboxylic acid groups (broad SMARTS) is 1. The van der Waals surface area contributed by atoms with Crippen LogP contribution in [0.5, 0.6) is 0 Å². The van der Waals surface area contributed by atoms with E-state index in [1.165, 1.54) is 17.0 Å². The van der Waals surface area contributed by atoms with E-state index in [0.717, 1.165) is 25.3 Å². The molecule has 1 N–H and O–H groups in total. The number of ether oxygens (including phenoxy) is 1. The van der Waals surface area contributed by atoms with Gasteiger partial charge in [-0.15, -0.1) is 0 Å². The second-order valence-electron chi connectivity index (χ2n) is 5.97. The fourth-order valence-corrected chi connectivity index (χ4v) is 3.61. The highest BCUT2D eigenvalue weighted by Gasteiger charge is 2.53. The minimum absolute atomic E-state index is 0.0731. The fourth-order valence-electron chi connectivity index (χ4n) is 3.45. The maximum absolute atomic E-state index is 14.1. The van der Waals surface area contributed by atoms with E-state index in [0.29, 0.717) is 12.8 Å². The molecular formula is C16H17ClFNO4. The first-order valence-corrected chi connectivity index (χ1v) is 7.98. The maximum atomic E-state index is 14.1. The lowest BCUT2D eigenvalue weighted by Crippen LogP contribution is -2.54. The molecule has 7 heteroatoms. The number of carboxylic acids is 1. The van der Waals surface area contributed by atoms with E-state index in [1.54, 1.807) is 0 Å². The quantitative estimate of drug-likeness (QED) is 0.897. The van der Waals surface area contributed by atoms with Gasteiger partial charge in [-0.3, -0.25) is 9.69 Å². The van der Waals surface area contributed by atoms with Crippen LogP contribution in [0.1, 0.15) is 42.5 Å². The lowest BCUT2D eigenvalue weighted by atomic mass is 9.89. The van der Waals surface area contributed by atoms with Crippen molar-refractivity contribution < 1.29 is 23.8 Å². The topological polar surface area (TPSA) is 66.8 Å². The molecule has 0 bridgehead atoms. The molecule has 1 saturated carbocycles. The van der Waals surface area contributed by atoms with E-state index in [2.05, 4.69) is 0 Å². The predicted octanol–water partition coefficient (Wildman–Crippen LogP) is 3.07. The summed E-state index contributed by atoms with van der Waals surface area (Å²) in [6.45, 7) is -0.0731. The first kappa shape index (κ1) is 16.2. The van der Waals surface area contributed by atoms with E-state index in [4.69, 9.17) is 16.3 Å². The number of aliphatic carboxylic acids is 1. The van der Waals surface area contributed by atoms with Crippen LogP contribution >= 0.6 is 11.6 Å². The molecule has 1 unspecified atom stereocenters. The zero-order valence-electron chi connectivity index (χ0n) is 12.4. The standard InChI is InChI=1S/C16H17ClFNO4/c17-10-4-5-11(12(18)8-10)14(20)19-13(15(21)22)9-23-16(19)6-2-1-3-7-16/h4-5,8,13H,1-3,6-7,9H2,(H,21,22). The van der Waals surface area contributed by atoms with Crippen LogP contribution in [0.15, 0.2) is 18.2 Å². The Balaban J connectivity index is 2.00. The second kappa shape index (κ2) is 6.09. The number of carbonyl (C=O) groups excluding carboxylic acids is 1. The Morgan fingerprint density at radius 3 is 2.61 bits per heavy atom. The molecule has 5 nitrogen and oxygen atoms in total. The zero-order chi connectivity index (χ0) is 16.6. The second-order valence-corrected chi connectivity index (χ2v) is 6.41. The van der Waals surface area contributed by atoms with Crippen LogP contribution in [0.4, 0.5) is 4.39 Å². The van der Waals surface area contributed by atoms with E-state index in [9.17, 15) is 19.1 Å². The number of carbonyl (C=O) groups is 2. The third-order valence-electron chi connectivity index (χ3n) is 4.56. The van der Waals surface area contributed by atoms with Gasteiger partial charge >= 0.3 is 5.97 Å². The highest BCUT2D eigenvalue weighted by atomic mass is 35.5. The van der Waals surface area contributed by atoms with Gasteiger partial charge < -0.3 is 9.84 Å². The summed E-state index contributed by atoms with van der Waals surface area (Å²) < 4.78 is 19.9. The summed E-state index contributed by atoms with van der Waals surface area (Å²) >= 11 is 5.72. The molecule has 1 atom stereocenters. The summed E-state index contributed by atoms with van der Waals surface area (Å²) in [5.41, 5.74) is -1.12. The number of halogens is 2. The van der Waals surface area contributed by atoms with E-state index >= 15 is 0 Å². The van der Waals surface area contributed by atoms with Gasteiger partial charge in [0.2, 0.25) is 0 Å². The molecule has 3 rings (SSSR count). The number of benzene rings is 1. The fraction of sp³-hybridized carbons (Fsp3) is 0.500. The van der Waals surface area contributed by atoms with Gasteiger partial charge in [0.25, 0.3) is 5.91 Å². The molecular weight excluding hydrogens is 325 g/mol. The molecule has 0 radical (unpaired) electrons. The summed E-state index contributed by atoms with van der Waals surface area (Å²) in [6.07, 6.45) is 3.84. The van der Waals surface area contributed by atoms with E-state index in [-0.39, 0.29) is 17.2 Å². The van der Waals surface area contributed by atoms with Gasteiger partial charge in [-0.1, -0.05) is 18.0 Å². The first-order chi connectivity index (χ1) is 10.9. The van der Waals surface area contributed by atoms with Crippen molar-refractivity contribution in [2.45, 2.75) is 43.9 Å². The average Bonchev–Trinajstić information content (AvgIpc) is 2.86. The Labute approximate surface area is 138 Å². The van der Waals surface area contributed by atoms with Crippen molar-refractivity contribution in [3.05, 3.63) is 34.6 Å². The molecule has 1 aromatic carbocycles. The van der Waals surface area contributed by atoms with Gasteiger partial charge in [0.1, 0.15) is 11.5 Å². The highest BCUT2D eigenvalue weighted by molar-refractivity contribution is 6.30. The van der Waals surface area contributed by atoms with Crippen LogP contribution in [0.25, 0.3) is 0 Å². The number of hydrogen-bond donors (Lipinski definition) is 1. The molecule has 1 aliphatic carbocycles. The number of nitrogens with zero attached hydrogens (tertiary/aromatic N) is 1. The summed E-state index contributed by atoms with van der Waals surface area (Å²) in [5.74, 6) is -2.56. The molecule has 1 aromatic rings. The van der Waals surface area contributed by atoms with Gasteiger partial charge in [0, 0.05) is 5.02 Å². The van der Waals surface area contributed by atoms with Crippen molar-refractivity contribution in [1.82, 2.24) is 4.90 Å². The van der Waals surface area contributed by atoms with Crippen LogP contribution in [0, 0.1) is 5.82 Å². The predicted molar refractivity (Wildman–Crippen MR) is 80.8 cm³/mol. The normalized spacial score (nSPS) is 23.2. The van der Waals surface area contributed by atoms with Crippen molar-refractivity contribution >= 4 is 23.5 Å². The first-order valence-electron chi connectivity index (χ1n) is 7.60. The average molecular weight is 342 g/mol. The highest BCUT2D eigenvalue weighted by Crippen LogP contribution is 2.41. The molecule has 1 aliphatic heterocycles. The van der Waals surface area contributed by atoms with E-state index < -0.39 is 29.5 Å². The lowest BCUT2D eigenvalue weighted by molar-refractivity contribution is -0.143.